The number of hydrogen-bond acceptors (Lipinski definition) is 4. The lowest BCUT2D eigenvalue weighted by Crippen LogP contribution is -2.39. The second-order valence-corrected chi connectivity index (χ2v) is 8.83. The number of benzene rings is 1. The van der Waals surface area contributed by atoms with E-state index in [0.29, 0.717) is 0 Å². The molecule has 5 rings (SSSR count). The van der Waals surface area contributed by atoms with Gasteiger partial charge in [-0.1, -0.05) is 6.07 Å². The summed E-state index contributed by atoms with van der Waals surface area (Å²) in [5.74, 6) is 0.428. The van der Waals surface area contributed by atoms with Crippen molar-refractivity contribution in [1.82, 2.24) is 19.7 Å². The number of carbonyl (C=O) groups is 1. The molecule has 1 saturated heterocycles. The Balaban J connectivity index is 1.30. The first kappa shape index (κ1) is 19.8. The molecule has 4 heterocycles. The minimum atomic E-state index is 0.146. The zero-order valence-electron chi connectivity index (χ0n) is 18.3. The smallest absolute Gasteiger partial charge is 0.253 e. The molecule has 1 fully saturated rings. The lowest BCUT2D eigenvalue weighted by molar-refractivity contribution is 0.0706. The fourth-order valence-electron chi connectivity index (χ4n) is 4.89. The van der Waals surface area contributed by atoms with Gasteiger partial charge in [0, 0.05) is 80.1 Å². The number of nitrogens with zero attached hydrogens (tertiary/aromatic N) is 5. The van der Waals surface area contributed by atoms with Crippen molar-refractivity contribution in [2.75, 3.05) is 31.6 Å². The standard InChI is InChI=1S/C25H29N5O/c1-28-11-3-5-18-13-19(8-10-24(18)28)25(31)30-12-4-6-21(17-30)23-9-7-20(14-26-23)22-15-27-29(2)16-22/h7-10,13-16,21H,3-6,11-12,17H2,1-2H3/t21-/m0/s1. The Bertz CT molecular complexity index is 1090. The zero-order chi connectivity index (χ0) is 21.4. The molecule has 6 nitrogen and oxygen atoms in total. The van der Waals surface area contributed by atoms with Crippen LogP contribution in [-0.4, -0.2) is 52.3 Å². The molecule has 0 spiro atoms. The summed E-state index contributed by atoms with van der Waals surface area (Å²) in [4.78, 5) is 22.3. The number of amides is 1. The molecule has 1 aromatic carbocycles. The van der Waals surface area contributed by atoms with Gasteiger partial charge in [-0.15, -0.1) is 0 Å². The number of fused-ring (bicyclic) bond motifs is 1. The van der Waals surface area contributed by atoms with Crippen molar-refractivity contribution in [3.8, 4) is 11.1 Å². The molecule has 0 saturated carbocycles. The van der Waals surface area contributed by atoms with Gasteiger partial charge in [-0.2, -0.15) is 5.10 Å². The molecule has 1 amide bonds. The maximum absolute atomic E-state index is 13.3. The Morgan fingerprint density at radius 3 is 2.71 bits per heavy atom. The monoisotopic (exact) mass is 415 g/mol. The summed E-state index contributed by atoms with van der Waals surface area (Å²) in [6.45, 7) is 2.63. The van der Waals surface area contributed by atoms with E-state index in [9.17, 15) is 4.79 Å². The van der Waals surface area contributed by atoms with Gasteiger partial charge in [0.25, 0.3) is 5.91 Å². The maximum atomic E-state index is 13.3. The second kappa shape index (κ2) is 8.17. The molecule has 0 aliphatic carbocycles. The molecule has 2 aromatic heterocycles. The highest BCUT2D eigenvalue weighted by Gasteiger charge is 2.27. The van der Waals surface area contributed by atoms with E-state index in [1.165, 1.54) is 11.3 Å². The SMILES string of the molecule is CN1CCCc2cc(C(=O)N3CCC[C@H](c4ccc(-c5cnn(C)c5)cn4)C3)ccc21. The van der Waals surface area contributed by atoms with Crippen molar-refractivity contribution < 1.29 is 4.79 Å². The predicted octanol–water partition coefficient (Wildman–Crippen LogP) is 3.88. The van der Waals surface area contributed by atoms with Crippen molar-refractivity contribution in [1.29, 1.82) is 0 Å². The van der Waals surface area contributed by atoms with Crippen LogP contribution in [0.4, 0.5) is 5.69 Å². The summed E-state index contributed by atoms with van der Waals surface area (Å²) in [6.07, 6.45) is 10.0. The van der Waals surface area contributed by atoms with Gasteiger partial charge in [-0.05, 0) is 55.5 Å². The first-order valence-electron chi connectivity index (χ1n) is 11.2. The van der Waals surface area contributed by atoms with Crippen molar-refractivity contribution in [3.05, 3.63) is 65.7 Å². The van der Waals surface area contributed by atoms with E-state index < -0.39 is 0 Å². The summed E-state index contributed by atoms with van der Waals surface area (Å²) in [5.41, 5.74) is 6.57. The average Bonchev–Trinajstić information content (AvgIpc) is 3.25. The Hall–Kier alpha value is -3.15. The van der Waals surface area contributed by atoms with Gasteiger partial charge in [0.15, 0.2) is 0 Å². The molecule has 0 bridgehead atoms. The summed E-state index contributed by atoms with van der Waals surface area (Å²) < 4.78 is 1.80. The molecular weight excluding hydrogens is 386 g/mol. The fraction of sp³-hybridized carbons (Fsp3) is 0.400. The summed E-state index contributed by atoms with van der Waals surface area (Å²) in [5, 5.41) is 4.24. The number of carbonyl (C=O) groups excluding carboxylic acids is 1. The van der Waals surface area contributed by atoms with Crippen LogP contribution in [0.15, 0.2) is 48.9 Å². The molecule has 160 valence electrons. The quantitative estimate of drug-likeness (QED) is 0.651. The van der Waals surface area contributed by atoms with E-state index in [1.54, 1.807) is 4.68 Å². The molecule has 31 heavy (non-hydrogen) atoms. The summed E-state index contributed by atoms with van der Waals surface area (Å²) >= 11 is 0. The number of likely N-dealkylation sites (tertiary alicyclic amines) is 1. The number of piperidine rings is 1. The maximum Gasteiger partial charge on any atom is 0.253 e. The van der Waals surface area contributed by atoms with Gasteiger partial charge in [0.2, 0.25) is 0 Å². The average molecular weight is 416 g/mol. The number of aryl methyl sites for hydroxylation is 2. The minimum Gasteiger partial charge on any atom is -0.374 e. The molecule has 3 aromatic rings. The highest BCUT2D eigenvalue weighted by molar-refractivity contribution is 5.95. The molecule has 0 N–H and O–H groups in total. The second-order valence-electron chi connectivity index (χ2n) is 8.83. The highest BCUT2D eigenvalue weighted by atomic mass is 16.2. The van der Waals surface area contributed by atoms with E-state index >= 15 is 0 Å². The van der Waals surface area contributed by atoms with Gasteiger partial charge >= 0.3 is 0 Å². The van der Waals surface area contributed by atoms with E-state index in [1.807, 2.05) is 36.6 Å². The topological polar surface area (TPSA) is 54.3 Å². The van der Waals surface area contributed by atoms with E-state index in [-0.39, 0.29) is 11.8 Å². The third-order valence-electron chi connectivity index (χ3n) is 6.63. The van der Waals surface area contributed by atoms with Crippen LogP contribution in [0.2, 0.25) is 0 Å². The lowest BCUT2D eigenvalue weighted by atomic mass is 9.93. The highest BCUT2D eigenvalue weighted by Crippen LogP contribution is 2.30. The largest absolute Gasteiger partial charge is 0.374 e. The van der Waals surface area contributed by atoms with Crippen molar-refractivity contribution >= 4 is 11.6 Å². The third-order valence-corrected chi connectivity index (χ3v) is 6.63. The molecule has 0 unspecified atom stereocenters. The van der Waals surface area contributed by atoms with Crippen molar-refractivity contribution in [2.45, 2.75) is 31.6 Å². The minimum absolute atomic E-state index is 0.146. The Morgan fingerprint density at radius 1 is 1.03 bits per heavy atom. The Labute approximate surface area is 183 Å². The van der Waals surface area contributed by atoms with Crippen LogP contribution in [-0.2, 0) is 13.5 Å². The lowest BCUT2D eigenvalue weighted by Gasteiger charge is -2.33. The van der Waals surface area contributed by atoms with Crippen molar-refractivity contribution in [3.63, 3.8) is 0 Å². The van der Waals surface area contributed by atoms with Gasteiger partial charge in [0.05, 0.1) is 6.20 Å². The molecule has 1 atom stereocenters. The van der Waals surface area contributed by atoms with Gasteiger partial charge in [-0.3, -0.25) is 14.5 Å². The first-order chi connectivity index (χ1) is 15.1. The summed E-state index contributed by atoms with van der Waals surface area (Å²) in [6, 6.07) is 10.4. The molecule has 2 aliphatic rings. The Kier molecular flexibility index (Phi) is 5.22. The fourth-order valence-corrected chi connectivity index (χ4v) is 4.89. The van der Waals surface area contributed by atoms with E-state index in [0.717, 1.165) is 67.7 Å². The summed E-state index contributed by atoms with van der Waals surface area (Å²) in [7, 11) is 4.04. The molecule has 6 heteroatoms. The van der Waals surface area contributed by atoms with Crippen LogP contribution in [0.5, 0.6) is 0 Å². The van der Waals surface area contributed by atoms with Crippen LogP contribution in [0.1, 0.15) is 46.8 Å². The Morgan fingerprint density at radius 2 is 1.94 bits per heavy atom. The van der Waals surface area contributed by atoms with Gasteiger partial charge in [0.1, 0.15) is 0 Å². The van der Waals surface area contributed by atoms with Crippen molar-refractivity contribution in [2.24, 2.45) is 7.05 Å². The van der Waals surface area contributed by atoms with Crippen LogP contribution in [0.3, 0.4) is 0 Å². The van der Waals surface area contributed by atoms with Gasteiger partial charge in [-0.25, -0.2) is 0 Å². The number of hydrogen-bond donors (Lipinski definition) is 0. The van der Waals surface area contributed by atoms with E-state index in [4.69, 9.17) is 4.98 Å². The van der Waals surface area contributed by atoms with Crippen LogP contribution in [0.25, 0.3) is 11.1 Å². The normalized spacial score (nSPS) is 18.7. The zero-order valence-corrected chi connectivity index (χ0v) is 18.3. The number of rotatable bonds is 3. The number of anilines is 1. The van der Waals surface area contributed by atoms with Crippen LogP contribution in [0, 0.1) is 0 Å². The molecule has 0 radical (unpaired) electrons. The number of aromatic nitrogens is 3. The first-order valence-corrected chi connectivity index (χ1v) is 11.2. The van der Waals surface area contributed by atoms with Crippen LogP contribution < -0.4 is 4.90 Å². The third kappa shape index (κ3) is 3.94. The van der Waals surface area contributed by atoms with Crippen LogP contribution >= 0.6 is 0 Å². The molecule has 2 aliphatic heterocycles. The molecular formula is C25H29N5O. The van der Waals surface area contributed by atoms with E-state index in [2.05, 4.69) is 41.3 Å². The predicted molar refractivity (Wildman–Crippen MR) is 122 cm³/mol. The van der Waals surface area contributed by atoms with Gasteiger partial charge < -0.3 is 9.80 Å². The number of pyridine rings is 1.